The zero-order valence-electron chi connectivity index (χ0n) is 15.9. The molecule has 2 heterocycles. The molecule has 0 bridgehead atoms. The summed E-state index contributed by atoms with van der Waals surface area (Å²) in [4.78, 5) is 2.34. The van der Waals surface area contributed by atoms with E-state index in [1.165, 1.54) is 5.69 Å². The van der Waals surface area contributed by atoms with Crippen molar-refractivity contribution in [2.75, 3.05) is 24.6 Å². The van der Waals surface area contributed by atoms with E-state index in [4.69, 9.17) is 0 Å². The SMILES string of the molecule is Cn1c(N=Nc2ccc(N3CCCC(CO)C3)cc2)[n+](C)c2ccccc21. The molecular weight excluding hydrogens is 338 g/mol. The lowest BCUT2D eigenvalue weighted by molar-refractivity contribution is -0.632. The molecule has 1 aliphatic rings. The van der Waals surface area contributed by atoms with Crippen molar-refractivity contribution in [2.45, 2.75) is 12.8 Å². The number of imidazole rings is 1. The third kappa shape index (κ3) is 3.45. The predicted molar refractivity (Wildman–Crippen MR) is 107 cm³/mol. The van der Waals surface area contributed by atoms with Gasteiger partial charge in [-0.25, -0.2) is 9.13 Å². The van der Waals surface area contributed by atoms with E-state index >= 15 is 0 Å². The van der Waals surface area contributed by atoms with Gasteiger partial charge in [0, 0.05) is 30.5 Å². The summed E-state index contributed by atoms with van der Waals surface area (Å²) in [5.41, 5.74) is 4.28. The Bertz CT molecular complexity index is 922. The predicted octanol–water partition coefficient (Wildman–Crippen LogP) is 3.63. The molecule has 1 aromatic heterocycles. The second kappa shape index (κ2) is 7.48. The Morgan fingerprint density at radius 1 is 1.11 bits per heavy atom. The molecule has 140 valence electrons. The number of rotatable bonds is 4. The van der Waals surface area contributed by atoms with Gasteiger partial charge >= 0.3 is 5.95 Å². The number of piperidine rings is 1. The van der Waals surface area contributed by atoms with Crippen LogP contribution in [0.1, 0.15) is 12.8 Å². The molecule has 6 nitrogen and oxygen atoms in total. The first-order valence-electron chi connectivity index (χ1n) is 9.48. The Morgan fingerprint density at radius 2 is 1.89 bits per heavy atom. The second-order valence-electron chi connectivity index (χ2n) is 7.26. The third-order valence-electron chi connectivity index (χ3n) is 5.45. The monoisotopic (exact) mass is 364 g/mol. The van der Waals surface area contributed by atoms with E-state index in [-0.39, 0.29) is 6.61 Å². The maximum Gasteiger partial charge on any atom is 0.422 e. The van der Waals surface area contributed by atoms with Gasteiger partial charge in [-0.3, -0.25) is 0 Å². The fraction of sp³-hybridized carbons (Fsp3) is 0.381. The number of aryl methyl sites for hydroxylation is 2. The summed E-state index contributed by atoms with van der Waals surface area (Å²) in [7, 11) is 4.02. The van der Waals surface area contributed by atoms with Crippen LogP contribution < -0.4 is 9.47 Å². The number of benzene rings is 2. The van der Waals surface area contributed by atoms with Gasteiger partial charge in [0.25, 0.3) is 0 Å². The average molecular weight is 364 g/mol. The number of azo groups is 1. The summed E-state index contributed by atoms with van der Waals surface area (Å²) in [5, 5.41) is 18.3. The quantitative estimate of drug-likeness (QED) is 0.568. The molecule has 0 spiro atoms. The van der Waals surface area contributed by atoms with Gasteiger partial charge in [-0.05, 0) is 55.2 Å². The summed E-state index contributed by atoms with van der Waals surface area (Å²) in [6.45, 7) is 2.23. The van der Waals surface area contributed by atoms with Crippen molar-refractivity contribution >= 4 is 28.4 Å². The van der Waals surface area contributed by atoms with Crippen LogP contribution in [0.15, 0.2) is 58.8 Å². The smallest absolute Gasteiger partial charge is 0.396 e. The minimum absolute atomic E-state index is 0.269. The lowest BCUT2D eigenvalue weighted by Gasteiger charge is -2.33. The Hall–Kier alpha value is -2.73. The zero-order valence-corrected chi connectivity index (χ0v) is 15.9. The number of aliphatic hydroxyl groups excluding tert-OH is 1. The van der Waals surface area contributed by atoms with Gasteiger partial charge in [-0.2, -0.15) is 0 Å². The molecule has 1 unspecified atom stereocenters. The summed E-state index contributed by atoms with van der Waals surface area (Å²) in [6.07, 6.45) is 2.24. The molecule has 1 saturated heterocycles. The van der Waals surface area contributed by atoms with Gasteiger partial charge in [0.05, 0.1) is 14.1 Å². The minimum atomic E-state index is 0.269. The minimum Gasteiger partial charge on any atom is -0.396 e. The van der Waals surface area contributed by atoms with Crippen molar-refractivity contribution in [1.82, 2.24) is 4.57 Å². The Kier molecular flexibility index (Phi) is 4.90. The molecule has 1 atom stereocenters. The van der Waals surface area contributed by atoms with Crippen molar-refractivity contribution in [3.05, 3.63) is 48.5 Å². The molecule has 1 aliphatic heterocycles. The van der Waals surface area contributed by atoms with Crippen LogP contribution in [0.2, 0.25) is 0 Å². The molecule has 1 N–H and O–H groups in total. The molecule has 27 heavy (non-hydrogen) atoms. The average Bonchev–Trinajstić information content (AvgIpc) is 2.97. The van der Waals surface area contributed by atoms with Gasteiger partial charge in [-0.15, -0.1) is 0 Å². The Morgan fingerprint density at radius 3 is 2.63 bits per heavy atom. The van der Waals surface area contributed by atoms with Crippen molar-refractivity contribution in [1.29, 1.82) is 0 Å². The van der Waals surface area contributed by atoms with Gasteiger partial charge in [-0.1, -0.05) is 17.2 Å². The van der Waals surface area contributed by atoms with Crippen molar-refractivity contribution < 1.29 is 9.67 Å². The van der Waals surface area contributed by atoms with Crippen LogP contribution >= 0.6 is 0 Å². The van der Waals surface area contributed by atoms with Crippen LogP contribution in [0.4, 0.5) is 17.3 Å². The van der Waals surface area contributed by atoms with Crippen LogP contribution in [0.3, 0.4) is 0 Å². The molecule has 3 aromatic rings. The van der Waals surface area contributed by atoms with E-state index < -0.39 is 0 Å². The molecule has 0 aliphatic carbocycles. The first-order valence-corrected chi connectivity index (χ1v) is 9.48. The maximum absolute atomic E-state index is 9.42. The number of fused-ring (bicyclic) bond motifs is 1. The third-order valence-corrected chi connectivity index (χ3v) is 5.45. The van der Waals surface area contributed by atoms with Crippen LogP contribution in [0, 0.1) is 5.92 Å². The van der Waals surface area contributed by atoms with E-state index in [9.17, 15) is 5.11 Å². The summed E-state index contributed by atoms with van der Waals surface area (Å²) < 4.78 is 4.10. The topological polar surface area (TPSA) is 57.0 Å². The van der Waals surface area contributed by atoms with Crippen molar-refractivity contribution in [3.63, 3.8) is 0 Å². The van der Waals surface area contributed by atoms with Gasteiger partial charge < -0.3 is 10.0 Å². The fourth-order valence-corrected chi connectivity index (χ4v) is 3.89. The van der Waals surface area contributed by atoms with E-state index in [1.807, 2.05) is 38.4 Å². The highest BCUT2D eigenvalue weighted by Crippen LogP contribution is 2.26. The highest BCUT2D eigenvalue weighted by Gasteiger charge is 2.20. The standard InChI is InChI=1S/C21H26N5O/c1-24-19-7-3-4-8-20(19)25(2)21(24)23-22-17-9-11-18(12-10-17)26-13-5-6-16(14-26)15-27/h3-4,7-12,16,27H,5-6,13-15H2,1-2H3/q+1. The number of hydrogen-bond acceptors (Lipinski definition) is 4. The fourth-order valence-electron chi connectivity index (χ4n) is 3.89. The molecule has 2 aromatic carbocycles. The summed E-state index contributed by atoms with van der Waals surface area (Å²) in [6, 6.07) is 16.4. The highest BCUT2D eigenvalue weighted by molar-refractivity contribution is 5.73. The number of aromatic nitrogens is 2. The molecule has 4 rings (SSSR count). The number of aliphatic hydroxyl groups is 1. The van der Waals surface area contributed by atoms with Crippen molar-refractivity contribution in [3.8, 4) is 0 Å². The molecular formula is C21H26N5O+. The summed E-state index contributed by atoms with van der Waals surface area (Å²) >= 11 is 0. The summed E-state index contributed by atoms with van der Waals surface area (Å²) in [5.74, 6) is 1.19. The van der Waals surface area contributed by atoms with Gasteiger partial charge in [0.15, 0.2) is 0 Å². The molecule has 0 amide bonds. The number of nitrogens with zero attached hydrogens (tertiary/aromatic N) is 5. The van der Waals surface area contributed by atoms with E-state index in [0.29, 0.717) is 5.92 Å². The molecule has 0 radical (unpaired) electrons. The van der Waals surface area contributed by atoms with Gasteiger partial charge in [0.2, 0.25) is 0 Å². The number of anilines is 1. The van der Waals surface area contributed by atoms with Gasteiger partial charge in [0.1, 0.15) is 16.7 Å². The molecule has 1 fully saturated rings. The number of hydrogen-bond donors (Lipinski definition) is 1. The second-order valence-corrected chi connectivity index (χ2v) is 7.26. The Labute approximate surface area is 159 Å². The first kappa shape index (κ1) is 17.7. The van der Waals surface area contributed by atoms with E-state index in [0.717, 1.165) is 48.6 Å². The van der Waals surface area contributed by atoms with Crippen LogP contribution in [-0.2, 0) is 14.1 Å². The lowest BCUT2D eigenvalue weighted by Crippen LogP contribution is -2.36. The largest absolute Gasteiger partial charge is 0.422 e. The van der Waals surface area contributed by atoms with Crippen LogP contribution in [0.5, 0.6) is 0 Å². The molecule has 6 heteroatoms. The zero-order chi connectivity index (χ0) is 18.8. The van der Waals surface area contributed by atoms with Crippen LogP contribution in [-0.4, -0.2) is 29.4 Å². The van der Waals surface area contributed by atoms with Crippen molar-refractivity contribution in [2.24, 2.45) is 30.2 Å². The number of para-hydroxylation sites is 2. The normalized spacial score (nSPS) is 17.9. The van der Waals surface area contributed by atoms with E-state index in [2.05, 4.69) is 48.5 Å². The molecule has 0 saturated carbocycles. The van der Waals surface area contributed by atoms with E-state index in [1.54, 1.807) is 0 Å². The highest BCUT2D eigenvalue weighted by atomic mass is 16.3. The maximum atomic E-state index is 9.42. The van der Waals surface area contributed by atoms with Crippen LogP contribution in [0.25, 0.3) is 11.0 Å². The first-order chi connectivity index (χ1) is 13.2. The lowest BCUT2D eigenvalue weighted by atomic mass is 9.98. The Balaban J connectivity index is 1.54.